The number of hydrogen-bond donors (Lipinski definition) is 1. The van der Waals surface area contributed by atoms with E-state index >= 15 is 0 Å². The molecule has 0 radical (unpaired) electrons. The maximum Gasteiger partial charge on any atom is 0.416 e. The van der Waals surface area contributed by atoms with E-state index in [1.807, 2.05) is 6.92 Å². The summed E-state index contributed by atoms with van der Waals surface area (Å²) >= 11 is 0. The summed E-state index contributed by atoms with van der Waals surface area (Å²) in [5, 5.41) is 0. The number of hydrogen-bond acceptors (Lipinski definition) is 2. The highest BCUT2D eigenvalue weighted by Crippen LogP contribution is 2.29. The molecule has 0 saturated carbocycles. The highest BCUT2D eigenvalue weighted by Gasteiger charge is 2.31. The lowest BCUT2D eigenvalue weighted by molar-refractivity contribution is -0.137. The van der Waals surface area contributed by atoms with Crippen molar-refractivity contribution in [1.29, 1.82) is 0 Å². The summed E-state index contributed by atoms with van der Waals surface area (Å²) in [6.45, 7) is 2.11. The van der Waals surface area contributed by atoms with Gasteiger partial charge in [0.25, 0.3) is 0 Å². The lowest BCUT2D eigenvalue weighted by Gasteiger charge is -2.36. The number of nitrogens with two attached hydrogens (primary N) is 1. The number of carbonyl (C=O) groups excluding carboxylic acids is 2. The van der Waals surface area contributed by atoms with Crippen LogP contribution >= 0.6 is 0 Å². The van der Waals surface area contributed by atoms with Crippen LogP contribution in [0, 0.1) is 5.92 Å². The van der Waals surface area contributed by atoms with E-state index in [9.17, 15) is 22.8 Å². The summed E-state index contributed by atoms with van der Waals surface area (Å²) in [6.07, 6.45) is -0.550. The van der Waals surface area contributed by atoms with Gasteiger partial charge in [-0.05, 0) is 43.5 Å². The van der Waals surface area contributed by atoms with Gasteiger partial charge in [-0.3, -0.25) is 9.59 Å². The Kier molecular flexibility index (Phi) is 5.31. The van der Waals surface area contributed by atoms with Crippen LogP contribution in [0.15, 0.2) is 30.3 Å². The molecule has 1 fully saturated rings. The maximum absolute atomic E-state index is 12.7. The van der Waals surface area contributed by atoms with Crippen LogP contribution in [-0.2, 0) is 15.8 Å². The number of amides is 2. The minimum absolute atomic E-state index is 0.0424. The molecule has 2 atom stereocenters. The molecule has 1 saturated heterocycles. The summed E-state index contributed by atoms with van der Waals surface area (Å²) in [5.74, 6) is -1.17. The van der Waals surface area contributed by atoms with Crippen LogP contribution in [-0.4, -0.2) is 29.3 Å². The van der Waals surface area contributed by atoms with Gasteiger partial charge in [0.05, 0.1) is 11.5 Å². The van der Waals surface area contributed by atoms with Crippen molar-refractivity contribution < 1.29 is 22.8 Å². The van der Waals surface area contributed by atoms with Crippen molar-refractivity contribution >= 4 is 17.9 Å². The van der Waals surface area contributed by atoms with E-state index in [1.54, 1.807) is 0 Å². The van der Waals surface area contributed by atoms with E-state index in [4.69, 9.17) is 5.73 Å². The Morgan fingerprint density at radius 1 is 1.29 bits per heavy atom. The van der Waals surface area contributed by atoms with Gasteiger partial charge in [-0.1, -0.05) is 12.1 Å². The van der Waals surface area contributed by atoms with E-state index in [1.165, 1.54) is 29.2 Å². The third-order valence-electron chi connectivity index (χ3n) is 4.20. The Hall–Kier alpha value is -2.31. The second kappa shape index (κ2) is 7.07. The fraction of sp³-hybridized carbons (Fsp3) is 0.412. The largest absolute Gasteiger partial charge is 0.416 e. The lowest BCUT2D eigenvalue weighted by Crippen LogP contribution is -2.48. The number of piperidine rings is 1. The van der Waals surface area contributed by atoms with E-state index < -0.39 is 17.6 Å². The van der Waals surface area contributed by atoms with Gasteiger partial charge in [-0.2, -0.15) is 13.2 Å². The molecule has 1 aromatic rings. The minimum Gasteiger partial charge on any atom is -0.369 e. The first-order valence-electron chi connectivity index (χ1n) is 7.63. The number of nitrogens with zero attached hydrogens (tertiary/aromatic N) is 1. The molecule has 2 N–H and O–H groups in total. The molecular weight excluding hydrogens is 321 g/mol. The van der Waals surface area contributed by atoms with E-state index in [-0.39, 0.29) is 30.0 Å². The Bertz CT molecular complexity index is 655. The molecule has 4 nitrogen and oxygen atoms in total. The standard InChI is InChI=1S/C17H19F3N2O2/c1-11-5-7-13(16(21)24)10-22(11)15(23)8-6-12-3-2-4-14(9-12)17(18,19)20/h2-4,6,8-9,11,13H,5,7,10H2,1H3,(H2,21,24). The third kappa shape index (κ3) is 4.37. The highest BCUT2D eigenvalue weighted by molar-refractivity contribution is 5.92. The van der Waals surface area contributed by atoms with Crippen molar-refractivity contribution in [3.8, 4) is 0 Å². The molecule has 1 aliphatic heterocycles. The van der Waals surface area contributed by atoms with Crippen LogP contribution in [0.2, 0.25) is 0 Å². The smallest absolute Gasteiger partial charge is 0.369 e. The van der Waals surface area contributed by atoms with Gasteiger partial charge < -0.3 is 10.6 Å². The number of carbonyl (C=O) groups is 2. The SMILES string of the molecule is CC1CCC(C(N)=O)CN1C(=O)C=Cc1cccc(C(F)(F)F)c1. The Morgan fingerprint density at radius 2 is 2.00 bits per heavy atom. The van der Waals surface area contributed by atoms with Gasteiger partial charge in [0.1, 0.15) is 0 Å². The molecule has 0 aromatic heterocycles. The summed E-state index contributed by atoms with van der Waals surface area (Å²) in [4.78, 5) is 25.1. The molecular formula is C17H19F3N2O2. The van der Waals surface area contributed by atoms with E-state index in [2.05, 4.69) is 0 Å². The van der Waals surface area contributed by atoms with Crippen LogP contribution in [0.3, 0.4) is 0 Å². The fourth-order valence-electron chi connectivity index (χ4n) is 2.73. The molecule has 2 amide bonds. The third-order valence-corrected chi connectivity index (χ3v) is 4.20. The Labute approximate surface area is 138 Å². The summed E-state index contributed by atoms with van der Waals surface area (Å²) < 4.78 is 38.1. The van der Waals surface area contributed by atoms with Crippen molar-refractivity contribution in [2.45, 2.75) is 32.0 Å². The minimum atomic E-state index is -4.43. The van der Waals surface area contributed by atoms with Crippen molar-refractivity contribution in [3.05, 3.63) is 41.5 Å². The molecule has 2 rings (SSSR count). The Morgan fingerprint density at radius 3 is 2.62 bits per heavy atom. The lowest BCUT2D eigenvalue weighted by atomic mass is 9.93. The van der Waals surface area contributed by atoms with Gasteiger partial charge in [0.2, 0.25) is 11.8 Å². The zero-order chi connectivity index (χ0) is 17.9. The summed E-state index contributed by atoms with van der Waals surface area (Å²) in [5.41, 5.74) is 4.82. The predicted molar refractivity (Wildman–Crippen MR) is 83.6 cm³/mol. The molecule has 1 aromatic carbocycles. The van der Waals surface area contributed by atoms with Crippen LogP contribution in [0.5, 0.6) is 0 Å². The molecule has 0 spiro atoms. The van der Waals surface area contributed by atoms with Crippen molar-refractivity contribution in [2.24, 2.45) is 11.7 Å². The molecule has 130 valence electrons. The maximum atomic E-state index is 12.7. The molecule has 1 aliphatic rings. The first-order valence-corrected chi connectivity index (χ1v) is 7.63. The number of rotatable bonds is 3. The van der Waals surface area contributed by atoms with Gasteiger partial charge in [0, 0.05) is 18.7 Å². The molecule has 7 heteroatoms. The zero-order valence-electron chi connectivity index (χ0n) is 13.2. The number of likely N-dealkylation sites (tertiary alicyclic amines) is 1. The van der Waals surface area contributed by atoms with Crippen molar-refractivity contribution in [2.75, 3.05) is 6.54 Å². The second-order valence-electron chi connectivity index (χ2n) is 5.97. The first kappa shape index (κ1) is 18.0. The van der Waals surface area contributed by atoms with Crippen LogP contribution in [0.25, 0.3) is 6.08 Å². The molecule has 0 bridgehead atoms. The quantitative estimate of drug-likeness (QED) is 0.860. The first-order chi connectivity index (χ1) is 11.2. The number of alkyl halides is 3. The second-order valence-corrected chi connectivity index (χ2v) is 5.97. The van der Waals surface area contributed by atoms with E-state index in [0.717, 1.165) is 12.1 Å². The molecule has 24 heavy (non-hydrogen) atoms. The number of primary amides is 1. The van der Waals surface area contributed by atoms with Crippen molar-refractivity contribution in [1.82, 2.24) is 4.90 Å². The van der Waals surface area contributed by atoms with Gasteiger partial charge >= 0.3 is 6.18 Å². The van der Waals surface area contributed by atoms with Gasteiger partial charge in [-0.25, -0.2) is 0 Å². The van der Waals surface area contributed by atoms with Crippen LogP contribution in [0.1, 0.15) is 30.9 Å². The van der Waals surface area contributed by atoms with Crippen molar-refractivity contribution in [3.63, 3.8) is 0 Å². The number of benzene rings is 1. The topological polar surface area (TPSA) is 63.4 Å². The number of halogens is 3. The van der Waals surface area contributed by atoms with Crippen LogP contribution in [0.4, 0.5) is 13.2 Å². The van der Waals surface area contributed by atoms with E-state index in [0.29, 0.717) is 12.8 Å². The molecule has 2 unspecified atom stereocenters. The van der Waals surface area contributed by atoms with Gasteiger partial charge in [-0.15, -0.1) is 0 Å². The van der Waals surface area contributed by atoms with Crippen LogP contribution < -0.4 is 5.73 Å². The molecule has 0 aliphatic carbocycles. The van der Waals surface area contributed by atoms with Gasteiger partial charge in [0.15, 0.2) is 0 Å². The normalized spacial score (nSPS) is 21.9. The fourth-order valence-corrected chi connectivity index (χ4v) is 2.73. The average molecular weight is 340 g/mol. The summed E-state index contributed by atoms with van der Waals surface area (Å²) in [7, 11) is 0. The predicted octanol–water partition coefficient (Wildman–Crippen LogP) is 2.83. The highest BCUT2D eigenvalue weighted by atomic mass is 19.4. The zero-order valence-corrected chi connectivity index (χ0v) is 13.2. The molecule has 1 heterocycles. The summed E-state index contributed by atoms with van der Waals surface area (Å²) in [6, 6.07) is 4.70. The average Bonchev–Trinajstić information content (AvgIpc) is 2.52. The monoisotopic (exact) mass is 340 g/mol. The Balaban J connectivity index is 2.11.